The fourth-order valence-electron chi connectivity index (χ4n) is 3.31. The molecule has 0 spiro atoms. The van der Waals surface area contributed by atoms with Crippen LogP contribution < -0.4 is 29.6 Å². The number of hydrogen-bond donors (Lipinski definition) is 0. The van der Waals surface area contributed by atoms with Gasteiger partial charge in [0.25, 0.3) is 0 Å². The van der Waals surface area contributed by atoms with Crippen molar-refractivity contribution in [3.8, 4) is 0 Å². The first-order chi connectivity index (χ1) is 12.3. The van der Waals surface area contributed by atoms with Crippen LogP contribution >= 0.6 is 0 Å². The molecule has 0 aromatic heterocycles. The van der Waals surface area contributed by atoms with Crippen molar-refractivity contribution in [2.24, 2.45) is 0 Å². The third kappa shape index (κ3) is 9.07. The van der Waals surface area contributed by atoms with Crippen LogP contribution in [0.3, 0.4) is 0 Å². The Bertz CT molecular complexity index is 999. The number of fused-ring (bicyclic) bond motifs is 1. The van der Waals surface area contributed by atoms with E-state index in [0.717, 1.165) is 18.4 Å². The Labute approximate surface area is 213 Å². The second kappa shape index (κ2) is 14.8. The van der Waals surface area contributed by atoms with Gasteiger partial charge in [-0.15, -0.1) is 0 Å². The van der Waals surface area contributed by atoms with Crippen LogP contribution in [0.25, 0.3) is 10.8 Å². The monoisotopic (exact) mass is 454 g/mol. The van der Waals surface area contributed by atoms with Gasteiger partial charge in [0.05, 0.1) is 4.90 Å². The van der Waals surface area contributed by atoms with Gasteiger partial charge >= 0.3 is 29.6 Å². The van der Waals surface area contributed by atoms with E-state index in [1.165, 1.54) is 28.5 Å². The Balaban J connectivity index is -0.00000157. The third-order valence-corrected chi connectivity index (χ3v) is 5.96. The molecule has 0 N–H and O–H groups in total. The van der Waals surface area contributed by atoms with Crippen LogP contribution in [0.5, 0.6) is 0 Å². The van der Waals surface area contributed by atoms with Crippen LogP contribution in [0.15, 0.2) is 71.6 Å². The zero-order valence-electron chi connectivity index (χ0n) is 16.1. The first-order valence-corrected chi connectivity index (χ1v) is 10.3. The summed E-state index contributed by atoms with van der Waals surface area (Å²) in [5, 5.41) is 2.52. The molecule has 3 aromatic carbocycles. The minimum Gasteiger partial charge on any atom is -0.744 e. The van der Waals surface area contributed by atoms with E-state index in [4.69, 9.17) is 0 Å². The zero-order chi connectivity index (χ0) is 18.7. The molecule has 0 fully saturated rings. The molecule has 2 atom stereocenters. The van der Waals surface area contributed by atoms with Crippen LogP contribution in [0.2, 0.25) is 0 Å². The number of benzene rings is 3. The van der Waals surface area contributed by atoms with E-state index in [2.05, 4.69) is 56.3 Å². The minimum absolute atomic E-state index is 0. The predicted octanol–water partition coefficient (Wildman–Crippen LogP) is 4.98. The van der Waals surface area contributed by atoms with E-state index in [1.807, 2.05) is 0 Å². The topological polar surface area (TPSA) is 57.2 Å². The summed E-state index contributed by atoms with van der Waals surface area (Å²) in [6.45, 7) is 4.37. The molecule has 0 saturated heterocycles. The summed E-state index contributed by atoms with van der Waals surface area (Å²) in [6.07, 6.45) is 2.04. The van der Waals surface area contributed by atoms with Gasteiger partial charge in [-0.25, -0.2) is 8.42 Å². The molecule has 168 valence electrons. The Morgan fingerprint density at radius 1 is 0.710 bits per heavy atom. The second-order valence-corrected chi connectivity index (χ2v) is 8.39. The molecule has 0 aliphatic rings. The molecule has 3 rings (SSSR count). The average Bonchev–Trinajstić information content (AvgIpc) is 2.64. The van der Waals surface area contributed by atoms with Crippen molar-refractivity contribution in [2.75, 3.05) is 0 Å². The van der Waals surface area contributed by atoms with E-state index in [-0.39, 0.29) is 64.2 Å². The Morgan fingerprint density at radius 3 is 1.68 bits per heavy atom. The fraction of sp³-hybridized carbons (Fsp3) is 0.385. The van der Waals surface area contributed by atoms with Crippen molar-refractivity contribution in [3.63, 3.8) is 0 Å². The van der Waals surface area contributed by atoms with Gasteiger partial charge in [-0.2, -0.15) is 0 Å². The molecular formula is C26H39NaO3S. The van der Waals surface area contributed by atoms with Crippen LogP contribution in [0.4, 0.5) is 0 Å². The summed E-state index contributed by atoms with van der Waals surface area (Å²) < 4.78 is 33.1. The molecule has 3 aromatic rings. The second-order valence-electron chi connectivity index (χ2n) is 7.01. The van der Waals surface area contributed by atoms with Crippen molar-refractivity contribution in [3.05, 3.63) is 77.9 Å². The van der Waals surface area contributed by atoms with Gasteiger partial charge in [0, 0.05) is 0 Å². The summed E-state index contributed by atoms with van der Waals surface area (Å²) in [4.78, 5) is -0.169. The molecule has 0 bridgehead atoms. The summed E-state index contributed by atoms with van der Waals surface area (Å²) >= 11 is 0. The van der Waals surface area contributed by atoms with Gasteiger partial charge in [-0.3, -0.25) is 0 Å². The third-order valence-electron chi connectivity index (χ3n) is 5.11. The van der Waals surface area contributed by atoms with E-state index in [0.29, 0.717) is 11.8 Å². The fourth-order valence-corrected chi connectivity index (χ4v) is 3.78. The number of rotatable bonds is 6. The van der Waals surface area contributed by atoms with Crippen molar-refractivity contribution >= 4 is 20.9 Å². The Hall–Kier alpha value is -1.17. The van der Waals surface area contributed by atoms with Gasteiger partial charge in [0.1, 0.15) is 10.1 Å². The van der Waals surface area contributed by atoms with Crippen molar-refractivity contribution in [1.82, 2.24) is 0 Å². The molecular weight excluding hydrogens is 415 g/mol. The standard InChI is InChI=1S/C22H24O3S.4CH4.Na/c1-16(18-11-13-22(14-12-18)26(23,24)25)7-8-17(2)20-10-9-19-5-3-4-6-21(19)15-20;;;;;/h3-6,9-17H,7-8H2,1-2H3,(H,23,24,25);4*1H4;/q;;;;;+1/p-1. The van der Waals surface area contributed by atoms with Gasteiger partial charge < -0.3 is 4.55 Å². The molecule has 0 heterocycles. The maximum Gasteiger partial charge on any atom is 1.00 e. The molecule has 0 aliphatic carbocycles. The van der Waals surface area contributed by atoms with Gasteiger partial charge in [0.15, 0.2) is 0 Å². The van der Waals surface area contributed by atoms with E-state index >= 15 is 0 Å². The van der Waals surface area contributed by atoms with Crippen LogP contribution in [-0.2, 0) is 10.1 Å². The molecule has 3 nitrogen and oxygen atoms in total. The number of hydrogen-bond acceptors (Lipinski definition) is 3. The van der Waals surface area contributed by atoms with Crippen LogP contribution in [-0.4, -0.2) is 13.0 Å². The minimum atomic E-state index is -4.38. The summed E-state index contributed by atoms with van der Waals surface area (Å²) in [7, 11) is -4.38. The molecule has 0 amide bonds. The molecule has 0 radical (unpaired) electrons. The van der Waals surface area contributed by atoms with E-state index < -0.39 is 10.1 Å². The quantitative estimate of drug-likeness (QED) is 0.390. The molecule has 31 heavy (non-hydrogen) atoms. The normalized spacial score (nSPS) is 12.0. The molecule has 2 unspecified atom stereocenters. The maximum absolute atomic E-state index is 11.0. The van der Waals surface area contributed by atoms with Crippen molar-refractivity contribution in [2.45, 2.75) is 73.1 Å². The summed E-state index contributed by atoms with van der Waals surface area (Å²) in [5.41, 5.74) is 2.40. The predicted molar refractivity (Wildman–Crippen MR) is 131 cm³/mol. The molecule has 0 saturated carbocycles. The maximum atomic E-state index is 11.0. The van der Waals surface area contributed by atoms with Gasteiger partial charge in [-0.05, 0) is 58.7 Å². The average molecular weight is 455 g/mol. The first kappa shape index (κ1) is 34.4. The summed E-state index contributed by atoms with van der Waals surface area (Å²) in [6, 6.07) is 21.3. The zero-order valence-corrected chi connectivity index (χ0v) is 18.9. The van der Waals surface area contributed by atoms with Crippen molar-refractivity contribution in [1.29, 1.82) is 0 Å². The van der Waals surface area contributed by atoms with Crippen molar-refractivity contribution < 1.29 is 42.5 Å². The largest absolute Gasteiger partial charge is 1.00 e. The molecule has 0 aliphatic heterocycles. The van der Waals surface area contributed by atoms with Crippen LogP contribution in [0, 0.1) is 0 Å². The van der Waals surface area contributed by atoms with Crippen LogP contribution in [0.1, 0.15) is 79.4 Å². The van der Waals surface area contributed by atoms with Gasteiger partial charge in [-0.1, -0.05) is 98.2 Å². The Kier molecular flexibility index (Phi) is 16.5. The Morgan fingerprint density at radius 2 is 1.16 bits per heavy atom. The van der Waals surface area contributed by atoms with E-state index in [9.17, 15) is 13.0 Å². The first-order valence-electron chi connectivity index (χ1n) is 8.89. The smallest absolute Gasteiger partial charge is 0.744 e. The SMILES string of the molecule is C.C.C.C.CC(CCC(C)c1ccc2ccccc2c1)c1ccc(S(=O)(=O)[O-])cc1.[Na+]. The summed E-state index contributed by atoms with van der Waals surface area (Å²) in [5.74, 6) is 0.754. The van der Waals surface area contributed by atoms with Gasteiger partial charge in [0.2, 0.25) is 0 Å². The van der Waals surface area contributed by atoms with E-state index in [1.54, 1.807) is 12.1 Å². The molecule has 5 heteroatoms.